The van der Waals surface area contributed by atoms with E-state index in [1.807, 2.05) is 0 Å². The number of rotatable bonds is 4. The third-order valence-electron chi connectivity index (χ3n) is 4.24. The summed E-state index contributed by atoms with van der Waals surface area (Å²) in [6.45, 7) is 9.60. The van der Waals surface area contributed by atoms with Crippen LogP contribution in [0, 0.1) is 23.7 Å². The van der Waals surface area contributed by atoms with Crippen molar-refractivity contribution in [1.29, 1.82) is 0 Å². The predicted molar refractivity (Wildman–Crippen MR) is 68.0 cm³/mol. The molecule has 1 fully saturated rings. The molecular formula is C14H29N. The van der Waals surface area contributed by atoms with E-state index in [9.17, 15) is 0 Å². The fourth-order valence-electron chi connectivity index (χ4n) is 3.34. The van der Waals surface area contributed by atoms with Gasteiger partial charge in [-0.2, -0.15) is 0 Å². The lowest BCUT2D eigenvalue weighted by molar-refractivity contribution is 0.157. The zero-order valence-corrected chi connectivity index (χ0v) is 11.2. The highest BCUT2D eigenvalue weighted by molar-refractivity contribution is 4.79. The monoisotopic (exact) mass is 211 g/mol. The molecule has 0 saturated heterocycles. The first kappa shape index (κ1) is 13.0. The third-order valence-corrected chi connectivity index (χ3v) is 4.24. The quantitative estimate of drug-likeness (QED) is 0.748. The van der Waals surface area contributed by atoms with Crippen molar-refractivity contribution in [3.05, 3.63) is 0 Å². The SMILES string of the molecule is CNC(C)CC(C)C1CC(C)CC(C)C1. The molecule has 0 spiro atoms. The summed E-state index contributed by atoms with van der Waals surface area (Å²) < 4.78 is 0. The summed E-state index contributed by atoms with van der Waals surface area (Å²) >= 11 is 0. The standard InChI is InChI=1S/C14H29N/c1-10-6-11(2)8-14(7-10)12(3)9-13(4)15-5/h10-15H,6-9H2,1-5H3. The minimum absolute atomic E-state index is 0.674. The summed E-state index contributed by atoms with van der Waals surface area (Å²) in [5.74, 6) is 3.76. The van der Waals surface area contributed by atoms with Gasteiger partial charge in [0.15, 0.2) is 0 Å². The van der Waals surface area contributed by atoms with Crippen molar-refractivity contribution in [2.24, 2.45) is 23.7 Å². The molecule has 1 N–H and O–H groups in total. The van der Waals surface area contributed by atoms with Crippen LogP contribution >= 0.6 is 0 Å². The Morgan fingerprint density at radius 1 is 1.07 bits per heavy atom. The first-order valence-corrected chi connectivity index (χ1v) is 6.70. The Bertz CT molecular complexity index is 168. The molecule has 1 nitrogen and oxygen atoms in total. The summed E-state index contributed by atoms with van der Waals surface area (Å²) in [7, 11) is 2.07. The lowest BCUT2D eigenvalue weighted by Gasteiger charge is -2.36. The van der Waals surface area contributed by atoms with Crippen molar-refractivity contribution in [3.63, 3.8) is 0 Å². The summed E-state index contributed by atoms with van der Waals surface area (Å²) in [6, 6.07) is 0.674. The lowest BCUT2D eigenvalue weighted by Crippen LogP contribution is -2.30. The van der Waals surface area contributed by atoms with Gasteiger partial charge in [-0.05, 0) is 63.3 Å². The fraction of sp³-hybridized carbons (Fsp3) is 1.00. The van der Waals surface area contributed by atoms with Gasteiger partial charge in [-0.25, -0.2) is 0 Å². The van der Waals surface area contributed by atoms with Gasteiger partial charge >= 0.3 is 0 Å². The molecule has 0 amide bonds. The summed E-state index contributed by atoms with van der Waals surface area (Å²) in [4.78, 5) is 0. The Morgan fingerprint density at radius 2 is 1.60 bits per heavy atom. The highest BCUT2D eigenvalue weighted by atomic mass is 14.8. The van der Waals surface area contributed by atoms with Crippen LogP contribution in [-0.4, -0.2) is 13.1 Å². The Labute approximate surface area is 96.0 Å². The van der Waals surface area contributed by atoms with Crippen LogP contribution in [0.15, 0.2) is 0 Å². The largest absolute Gasteiger partial charge is 0.317 e. The highest BCUT2D eigenvalue weighted by Gasteiger charge is 2.28. The van der Waals surface area contributed by atoms with E-state index in [2.05, 4.69) is 40.1 Å². The van der Waals surface area contributed by atoms with Crippen molar-refractivity contribution < 1.29 is 0 Å². The molecule has 0 heterocycles. The first-order valence-electron chi connectivity index (χ1n) is 6.70. The van der Waals surface area contributed by atoms with E-state index < -0.39 is 0 Å². The van der Waals surface area contributed by atoms with Gasteiger partial charge in [0, 0.05) is 6.04 Å². The van der Waals surface area contributed by atoms with Gasteiger partial charge in [0.1, 0.15) is 0 Å². The summed E-state index contributed by atoms with van der Waals surface area (Å²) in [6.07, 6.45) is 5.70. The van der Waals surface area contributed by atoms with Crippen LogP contribution in [0.2, 0.25) is 0 Å². The smallest absolute Gasteiger partial charge is 0.00383 e. The third kappa shape index (κ3) is 4.14. The van der Waals surface area contributed by atoms with E-state index in [4.69, 9.17) is 0 Å². The second kappa shape index (κ2) is 5.89. The van der Waals surface area contributed by atoms with Crippen molar-refractivity contribution in [2.45, 2.75) is 59.4 Å². The maximum atomic E-state index is 3.36. The van der Waals surface area contributed by atoms with Crippen LogP contribution < -0.4 is 5.32 Å². The number of hydrogen-bond acceptors (Lipinski definition) is 1. The van der Waals surface area contributed by atoms with Gasteiger partial charge in [-0.1, -0.05) is 20.8 Å². The maximum absolute atomic E-state index is 3.36. The van der Waals surface area contributed by atoms with Crippen molar-refractivity contribution in [3.8, 4) is 0 Å². The van der Waals surface area contributed by atoms with Gasteiger partial charge < -0.3 is 5.32 Å². The molecule has 0 radical (unpaired) electrons. The Morgan fingerprint density at radius 3 is 2.07 bits per heavy atom. The van der Waals surface area contributed by atoms with Crippen LogP contribution in [0.3, 0.4) is 0 Å². The number of nitrogens with one attached hydrogen (secondary N) is 1. The zero-order valence-electron chi connectivity index (χ0n) is 11.2. The molecule has 0 aromatic rings. The molecule has 4 unspecified atom stereocenters. The van der Waals surface area contributed by atoms with Crippen LogP contribution in [0.5, 0.6) is 0 Å². The van der Waals surface area contributed by atoms with Crippen molar-refractivity contribution in [2.75, 3.05) is 7.05 Å². The molecule has 15 heavy (non-hydrogen) atoms. The van der Waals surface area contributed by atoms with Crippen LogP contribution in [0.1, 0.15) is 53.4 Å². The maximum Gasteiger partial charge on any atom is 0.00383 e. The second-order valence-corrected chi connectivity index (χ2v) is 6.08. The molecule has 0 aromatic heterocycles. The molecule has 1 rings (SSSR count). The van der Waals surface area contributed by atoms with E-state index in [1.54, 1.807) is 0 Å². The van der Waals surface area contributed by atoms with Crippen LogP contribution in [-0.2, 0) is 0 Å². The highest BCUT2D eigenvalue weighted by Crippen LogP contribution is 2.38. The molecule has 1 saturated carbocycles. The average molecular weight is 211 g/mol. The molecule has 1 heteroatoms. The van der Waals surface area contributed by atoms with Gasteiger partial charge in [0.2, 0.25) is 0 Å². The molecule has 0 aromatic carbocycles. The molecule has 0 aliphatic heterocycles. The fourth-order valence-corrected chi connectivity index (χ4v) is 3.34. The van der Waals surface area contributed by atoms with Gasteiger partial charge in [-0.15, -0.1) is 0 Å². The Hall–Kier alpha value is -0.0400. The normalized spacial score (nSPS) is 36.2. The summed E-state index contributed by atoms with van der Waals surface area (Å²) in [5, 5.41) is 3.36. The van der Waals surface area contributed by atoms with E-state index in [0.29, 0.717) is 6.04 Å². The van der Waals surface area contributed by atoms with Gasteiger partial charge in [-0.3, -0.25) is 0 Å². The van der Waals surface area contributed by atoms with E-state index in [0.717, 1.165) is 23.7 Å². The minimum Gasteiger partial charge on any atom is -0.317 e. The molecule has 1 aliphatic rings. The van der Waals surface area contributed by atoms with Gasteiger partial charge in [0.05, 0.1) is 0 Å². The van der Waals surface area contributed by atoms with Crippen LogP contribution in [0.25, 0.3) is 0 Å². The van der Waals surface area contributed by atoms with E-state index >= 15 is 0 Å². The molecule has 1 aliphatic carbocycles. The molecule has 90 valence electrons. The minimum atomic E-state index is 0.674. The van der Waals surface area contributed by atoms with Crippen LogP contribution in [0.4, 0.5) is 0 Å². The average Bonchev–Trinajstić information content (AvgIpc) is 2.16. The number of hydrogen-bond donors (Lipinski definition) is 1. The molecular weight excluding hydrogens is 182 g/mol. The summed E-state index contributed by atoms with van der Waals surface area (Å²) in [5.41, 5.74) is 0. The van der Waals surface area contributed by atoms with Crippen molar-refractivity contribution >= 4 is 0 Å². The lowest BCUT2D eigenvalue weighted by atomic mass is 9.71. The van der Waals surface area contributed by atoms with E-state index in [-0.39, 0.29) is 0 Å². The molecule has 0 bridgehead atoms. The van der Waals surface area contributed by atoms with Gasteiger partial charge in [0.25, 0.3) is 0 Å². The van der Waals surface area contributed by atoms with Crippen molar-refractivity contribution in [1.82, 2.24) is 5.32 Å². The molecule has 4 atom stereocenters. The second-order valence-electron chi connectivity index (χ2n) is 6.08. The topological polar surface area (TPSA) is 12.0 Å². The van der Waals surface area contributed by atoms with E-state index in [1.165, 1.54) is 25.7 Å². The first-order chi connectivity index (χ1) is 7.02. The Kier molecular flexibility index (Phi) is 5.11. The Balaban J connectivity index is 2.40. The predicted octanol–water partition coefficient (Wildman–Crippen LogP) is 3.69. The zero-order chi connectivity index (χ0) is 11.4.